The third-order valence-corrected chi connectivity index (χ3v) is 5.69. The molecule has 0 N–H and O–H groups in total. The molecule has 7 nitrogen and oxygen atoms in total. The minimum Gasteiger partial charge on any atom is -0.469 e. The van der Waals surface area contributed by atoms with Crippen LogP contribution in [0.25, 0.3) is 0 Å². The predicted molar refractivity (Wildman–Crippen MR) is 72.3 cm³/mol. The molecule has 8 heteroatoms. The molecule has 0 aromatic carbocycles. The van der Waals surface area contributed by atoms with Crippen LogP contribution in [0.1, 0.15) is 25.7 Å². The van der Waals surface area contributed by atoms with Gasteiger partial charge in [0.25, 0.3) is 10.2 Å². The number of esters is 1. The lowest BCUT2D eigenvalue weighted by Gasteiger charge is -2.36. The standard InChI is InChI=1S/C12H22N2O5S/c1-18-12(15)9-11-10-14(7-8-19-11)20(16,17)13-5-3-2-4-6-13/h11H,2-10H2,1H3. The number of nitrogens with zero attached hydrogens (tertiary/aromatic N) is 2. The SMILES string of the molecule is COC(=O)CC1CN(S(=O)(=O)N2CCCCC2)CCO1. The molecule has 0 spiro atoms. The molecule has 0 radical (unpaired) electrons. The second kappa shape index (κ2) is 6.84. The molecule has 2 aliphatic heterocycles. The first kappa shape index (κ1) is 15.7. The van der Waals surface area contributed by atoms with Gasteiger partial charge in [0.1, 0.15) is 0 Å². The summed E-state index contributed by atoms with van der Waals surface area (Å²) in [6.45, 7) is 2.04. The molecular weight excluding hydrogens is 284 g/mol. The van der Waals surface area contributed by atoms with Gasteiger partial charge >= 0.3 is 5.97 Å². The number of hydrogen-bond acceptors (Lipinski definition) is 5. The largest absolute Gasteiger partial charge is 0.469 e. The first-order chi connectivity index (χ1) is 9.54. The minimum atomic E-state index is -3.43. The predicted octanol–water partition coefficient (Wildman–Crippen LogP) is -0.0190. The topological polar surface area (TPSA) is 76.2 Å². The average molecular weight is 306 g/mol. The lowest BCUT2D eigenvalue weighted by molar-refractivity contribution is -0.145. The number of carbonyl (C=O) groups is 1. The summed E-state index contributed by atoms with van der Waals surface area (Å²) < 4.78 is 38.0. The summed E-state index contributed by atoms with van der Waals surface area (Å²) in [7, 11) is -2.11. The van der Waals surface area contributed by atoms with Crippen LogP contribution >= 0.6 is 0 Å². The molecule has 2 fully saturated rings. The van der Waals surface area contributed by atoms with Crippen LogP contribution in [0.15, 0.2) is 0 Å². The van der Waals surface area contributed by atoms with Gasteiger partial charge in [0, 0.05) is 26.2 Å². The number of hydrogen-bond donors (Lipinski definition) is 0. The normalized spacial score (nSPS) is 26.4. The first-order valence-corrected chi connectivity index (χ1v) is 8.37. The van der Waals surface area contributed by atoms with Gasteiger partial charge in [-0.2, -0.15) is 17.0 Å². The summed E-state index contributed by atoms with van der Waals surface area (Å²) in [5.41, 5.74) is 0. The van der Waals surface area contributed by atoms with Gasteiger partial charge in [0.2, 0.25) is 0 Å². The maximum atomic E-state index is 12.5. The molecule has 20 heavy (non-hydrogen) atoms. The van der Waals surface area contributed by atoms with Crippen LogP contribution in [0.4, 0.5) is 0 Å². The highest BCUT2D eigenvalue weighted by molar-refractivity contribution is 7.86. The van der Waals surface area contributed by atoms with E-state index in [1.165, 1.54) is 15.7 Å². The van der Waals surface area contributed by atoms with Crippen LogP contribution in [0.5, 0.6) is 0 Å². The van der Waals surface area contributed by atoms with Crippen molar-refractivity contribution >= 4 is 16.2 Å². The monoisotopic (exact) mass is 306 g/mol. The van der Waals surface area contributed by atoms with E-state index in [9.17, 15) is 13.2 Å². The van der Waals surface area contributed by atoms with Crippen molar-refractivity contribution in [3.63, 3.8) is 0 Å². The third-order valence-electron chi connectivity index (χ3n) is 3.69. The van der Waals surface area contributed by atoms with E-state index in [2.05, 4.69) is 4.74 Å². The molecule has 0 amide bonds. The maximum Gasteiger partial charge on any atom is 0.308 e. The van der Waals surface area contributed by atoms with E-state index in [0.717, 1.165) is 19.3 Å². The molecule has 0 aliphatic carbocycles. The van der Waals surface area contributed by atoms with Gasteiger partial charge in [-0.1, -0.05) is 6.42 Å². The fraction of sp³-hybridized carbons (Fsp3) is 0.917. The Hall–Kier alpha value is -0.700. The quantitative estimate of drug-likeness (QED) is 0.682. The van der Waals surface area contributed by atoms with E-state index in [1.54, 1.807) is 0 Å². The molecule has 1 atom stereocenters. The van der Waals surface area contributed by atoms with Crippen molar-refractivity contribution in [1.82, 2.24) is 8.61 Å². The molecule has 0 saturated carbocycles. The number of methoxy groups -OCH3 is 1. The Morgan fingerprint density at radius 2 is 1.90 bits per heavy atom. The van der Waals surface area contributed by atoms with Gasteiger partial charge in [-0.05, 0) is 12.8 Å². The Labute approximate surface area is 120 Å². The zero-order valence-electron chi connectivity index (χ0n) is 11.8. The molecule has 2 rings (SSSR count). The van der Waals surface area contributed by atoms with E-state index >= 15 is 0 Å². The molecule has 0 bridgehead atoms. The summed E-state index contributed by atoms with van der Waals surface area (Å²) in [6.07, 6.45) is 2.57. The second-order valence-electron chi connectivity index (χ2n) is 5.10. The highest BCUT2D eigenvalue weighted by Crippen LogP contribution is 2.19. The van der Waals surface area contributed by atoms with Crippen LogP contribution in [0.2, 0.25) is 0 Å². The van der Waals surface area contributed by atoms with Crippen molar-refractivity contribution in [3.05, 3.63) is 0 Å². The summed E-state index contributed by atoms with van der Waals surface area (Å²) in [4.78, 5) is 11.3. The van der Waals surface area contributed by atoms with Crippen molar-refractivity contribution in [2.45, 2.75) is 31.8 Å². The fourth-order valence-corrected chi connectivity index (χ4v) is 4.26. The molecule has 116 valence electrons. The van der Waals surface area contributed by atoms with Crippen molar-refractivity contribution in [1.29, 1.82) is 0 Å². The molecule has 2 aliphatic rings. The lowest BCUT2D eigenvalue weighted by atomic mass is 10.2. The highest BCUT2D eigenvalue weighted by atomic mass is 32.2. The average Bonchev–Trinajstić information content (AvgIpc) is 2.48. The minimum absolute atomic E-state index is 0.0858. The van der Waals surface area contributed by atoms with Gasteiger partial charge in [-0.15, -0.1) is 0 Å². The molecule has 2 saturated heterocycles. The van der Waals surface area contributed by atoms with E-state index in [4.69, 9.17) is 4.74 Å². The number of ether oxygens (including phenoxy) is 2. The summed E-state index contributed by atoms with van der Waals surface area (Å²) in [5.74, 6) is -0.382. The Morgan fingerprint density at radius 3 is 2.55 bits per heavy atom. The molecule has 1 unspecified atom stereocenters. The number of rotatable bonds is 4. The Morgan fingerprint density at radius 1 is 1.20 bits per heavy atom. The highest BCUT2D eigenvalue weighted by Gasteiger charge is 2.35. The van der Waals surface area contributed by atoms with Crippen LogP contribution < -0.4 is 0 Å². The van der Waals surface area contributed by atoms with Crippen molar-refractivity contribution in [3.8, 4) is 0 Å². The Balaban J connectivity index is 1.98. The van der Waals surface area contributed by atoms with E-state index in [-0.39, 0.29) is 18.9 Å². The number of morpholine rings is 1. The molecule has 0 aromatic rings. The van der Waals surface area contributed by atoms with E-state index in [1.807, 2.05) is 0 Å². The maximum absolute atomic E-state index is 12.5. The zero-order valence-corrected chi connectivity index (χ0v) is 12.6. The van der Waals surface area contributed by atoms with Gasteiger partial charge in [0.05, 0.1) is 26.2 Å². The van der Waals surface area contributed by atoms with E-state index < -0.39 is 16.3 Å². The summed E-state index contributed by atoms with van der Waals surface area (Å²) in [6, 6.07) is 0. The smallest absolute Gasteiger partial charge is 0.308 e. The van der Waals surface area contributed by atoms with Crippen LogP contribution in [-0.2, 0) is 24.5 Å². The van der Waals surface area contributed by atoms with Gasteiger partial charge in [-0.3, -0.25) is 4.79 Å². The number of carbonyl (C=O) groups excluding carboxylic acids is 1. The van der Waals surface area contributed by atoms with Crippen LogP contribution in [0, 0.1) is 0 Å². The second-order valence-corrected chi connectivity index (χ2v) is 7.03. The molecule has 2 heterocycles. The Bertz CT molecular complexity index is 433. The summed E-state index contributed by atoms with van der Waals surface area (Å²) in [5, 5.41) is 0. The van der Waals surface area contributed by atoms with Gasteiger partial charge in [0.15, 0.2) is 0 Å². The first-order valence-electron chi connectivity index (χ1n) is 6.97. The lowest BCUT2D eigenvalue weighted by Crippen LogP contribution is -2.52. The zero-order chi connectivity index (χ0) is 14.6. The number of piperidine rings is 1. The Kier molecular flexibility index (Phi) is 5.36. The summed E-state index contributed by atoms with van der Waals surface area (Å²) >= 11 is 0. The van der Waals surface area contributed by atoms with Crippen molar-refractivity contribution in [2.24, 2.45) is 0 Å². The van der Waals surface area contributed by atoms with Crippen LogP contribution in [-0.4, -0.2) is 69.0 Å². The van der Waals surface area contributed by atoms with Crippen molar-refractivity contribution in [2.75, 3.05) is 39.9 Å². The van der Waals surface area contributed by atoms with Crippen LogP contribution in [0.3, 0.4) is 0 Å². The fourth-order valence-electron chi connectivity index (χ4n) is 2.55. The van der Waals surface area contributed by atoms with Gasteiger partial charge in [-0.25, -0.2) is 0 Å². The van der Waals surface area contributed by atoms with E-state index in [0.29, 0.717) is 26.2 Å². The van der Waals surface area contributed by atoms with Crippen molar-refractivity contribution < 1.29 is 22.7 Å². The molecule has 0 aromatic heterocycles. The third kappa shape index (κ3) is 3.69. The molecular formula is C12H22N2O5S. The van der Waals surface area contributed by atoms with Gasteiger partial charge < -0.3 is 9.47 Å².